The second kappa shape index (κ2) is 6.41. The predicted molar refractivity (Wildman–Crippen MR) is 94.4 cm³/mol. The van der Waals surface area contributed by atoms with Gasteiger partial charge in [0.15, 0.2) is 0 Å². The van der Waals surface area contributed by atoms with E-state index in [2.05, 4.69) is 10.3 Å². The zero-order chi connectivity index (χ0) is 16.4. The number of benzene rings is 1. The molecule has 1 fully saturated rings. The summed E-state index contributed by atoms with van der Waals surface area (Å²) in [5.41, 5.74) is 1.91. The lowest BCUT2D eigenvalue weighted by atomic mass is 10.1. The summed E-state index contributed by atoms with van der Waals surface area (Å²) in [6.07, 6.45) is 5.45. The fourth-order valence-corrected chi connectivity index (χ4v) is 3.26. The number of thiophene rings is 1. The molecular weight excluding hydrogens is 320 g/mol. The van der Waals surface area contributed by atoms with Gasteiger partial charge in [0.2, 0.25) is 5.91 Å². The molecule has 0 unspecified atom stereocenters. The summed E-state index contributed by atoms with van der Waals surface area (Å²) in [6.45, 7) is 1.34. The van der Waals surface area contributed by atoms with Gasteiger partial charge in [-0.25, -0.2) is 4.68 Å². The van der Waals surface area contributed by atoms with Gasteiger partial charge in [-0.15, -0.1) is 16.4 Å². The van der Waals surface area contributed by atoms with E-state index in [0.717, 1.165) is 16.1 Å². The molecule has 24 heavy (non-hydrogen) atoms. The maximum Gasteiger partial charge on any atom is 0.246 e. The fraction of sp³-hybridized carbons (Fsp3) is 0.167. The predicted octanol–water partition coefficient (Wildman–Crippen LogP) is 3.10. The van der Waals surface area contributed by atoms with Gasteiger partial charge in [-0.1, -0.05) is 41.6 Å². The van der Waals surface area contributed by atoms with Gasteiger partial charge in [0.05, 0.1) is 12.2 Å². The van der Waals surface area contributed by atoms with Gasteiger partial charge >= 0.3 is 0 Å². The molecular formula is C18H16N4OS. The first-order chi connectivity index (χ1) is 11.8. The van der Waals surface area contributed by atoms with Crippen LogP contribution in [0.25, 0.3) is 17.3 Å². The molecule has 0 radical (unpaired) electrons. The van der Waals surface area contributed by atoms with E-state index in [-0.39, 0.29) is 11.9 Å². The minimum Gasteiger partial charge on any atom is -0.335 e. The number of amides is 1. The molecule has 6 heteroatoms. The average molecular weight is 336 g/mol. The number of carbonyl (C=O) groups is 1. The minimum atomic E-state index is 0.0445. The molecule has 120 valence electrons. The molecule has 1 aliphatic heterocycles. The highest BCUT2D eigenvalue weighted by Gasteiger charge is 2.31. The Hall–Kier alpha value is -2.73. The van der Waals surface area contributed by atoms with E-state index < -0.39 is 0 Å². The molecule has 3 heterocycles. The highest BCUT2D eigenvalue weighted by atomic mass is 32.1. The van der Waals surface area contributed by atoms with E-state index in [1.54, 1.807) is 17.4 Å². The lowest BCUT2D eigenvalue weighted by Crippen LogP contribution is -2.50. The van der Waals surface area contributed by atoms with Crippen LogP contribution in [0.15, 0.2) is 60.1 Å². The summed E-state index contributed by atoms with van der Waals surface area (Å²) >= 11 is 1.62. The third-order valence-electron chi connectivity index (χ3n) is 4.06. The summed E-state index contributed by atoms with van der Waals surface area (Å²) in [7, 11) is 0. The second-order valence-corrected chi connectivity index (χ2v) is 6.67. The van der Waals surface area contributed by atoms with Crippen LogP contribution in [0, 0.1) is 0 Å². The number of carbonyl (C=O) groups excluding carboxylic acids is 1. The molecule has 3 aromatic rings. The van der Waals surface area contributed by atoms with Crippen LogP contribution in [0.3, 0.4) is 0 Å². The molecule has 0 bridgehead atoms. The maximum absolute atomic E-state index is 12.1. The SMILES string of the molecule is O=C(C=Cc1cccs1)N1CC(n2cc(-c3ccccc3)nn2)C1. The second-order valence-electron chi connectivity index (χ2n) is 5.70. The topological polar surface area (TPSA) is 51.0 Å². The van der Waals surface area contributed by atoms with Crippen LogP contribution in [0.1, 0.15) is 10.9 Å². The first-order valence-electron chi connectivity index (χ1n) is 7.77. The number of rotatable bonds is 4. The molecule has 0 atom stereocenters. The lowest BCUT2D eigenvalue weighted by Gasteiger charge is -2.38. The van der Waals surface area contributed by atoms with E-state index in [1.165, 1.54) is 0 Å². The third-order valence-corrected chi connectivity index (χ3v) is 4.90. The number of likely N-dealkylation sites (tertiary alicyclic amines) is 1. The van der Waals surface area contributed by atoms with Gasteiger partial charge in [0.25, 0.3) is 0 Å². The van der Waals surface area contributed by atoms with Crippen LogP contribution in [-0.4, -0.2) is 38.9 Å². The van der Waals surface area contributed by atoms with Crippen molar-refractivity contribution in [3.05, 3.63) is 65.0 Å². The van der Waals surface area contributed by atoms with E-state index in [9.17, 15) is 4.79 Å². The first-order valence-corrected chi connectivity index (χ1v) is 8.65. The Labute approximate surface area is 143 Å². The van der Waals surface area contributed by atoms with Gasteiger partial charge in [0, 0.05) is 29.6 Å². The van der Waals surface area contributed by atoms with Gasteiger partial charge in [-0.2, -0.15) is 0 Å². The smallest absolute Gasteiger partial charge is 0.246 e. The van der Waals surface area contributed by atoms with E-state index in [0.29, 0.717) is 13.1 Å². The van der Waals surface area contributed by atoms with Crippen molar-refractivity contribution >= 4 is 23.3 Å². The van der Waals surface area contributed by atoms with Crippen molar-refractivity contribution in [2.24, 2.45) is 0 Å². The molecule has 1 aliphatic rings. The molecule has 0 aliphatic carbocycles. The minimum absolute atomic E-state index is 0.0445. The largest absolute Gasteiger partial charge is 0.335 e. The number of aromatic nitrogens is 3. The highest BCUT2D eigenvalue weighted by molar-refractivity contribution is 7.10. The van der Waals surface area contributed by atoms with Crippen molar-refractivity contribution in [2.75, 3.05) is 13.1 Å². The van der Waals surface area contributed by atoms with Crippen molar-refractivity contribution in [2.45, 2.75) is 6.04 Å². The molecule has 2 aromatic heterocycles. The Morgan fingerprint density at radius 2 is 2.00 bits per heavy atom. The molecule has 0 spiro atoms. The van der Waals surface area contributed by atoms with Crippen molar-refractivity contribution in [3.8, 4) is 11.3 Å². The van der Waals surface area contributed by atoms with Crippen LogP contribution < -0.4 is 0 Å². The van der Waals surface area contributed by atoms with Crippen LogP contribution in [0.5, 0.6) is 0 Å². The Morgan fingerprint density at radius 1 is 1.17 bits per heavy atom. The summed E-state index contributed by atoms with van der Waals surface area (Å²) in [6, 6.07) is 14.1. The zero-order valence-electron chi connectivity index (χ0n) is 12.9. The molecule has 1 saturated heterocycles. The van der Waals surface area contributed by atoms with Gasteiger partial charge in [-0.3, -0.25) is 4.79 Å². The Kier molecular flexibility index (Phi) is 3.96. The van der Waals surface area contributed by atoms with Crippen molar-refractivity contribution in [3.63, 3.8) is 0 Å². The van der Waals surface area contributed by atoms with Crippen molar-refractivity contribution in [1.29, 1.82) is 0 Å². The molecule has 0 N–H and O–H groups in total. The highest BCUT2D eigenvalue weighted by Crippen LogP contribution is 2.23. The summed E-state index contributed by atoms with van der Waals surface area (Å²) in [5, 5.41) is 10.4. The monoisotopic (exact) mass is 336 g/mol. The van der Waals surface area contributed by atoms with Crippen LogP contribution in [-0.2, 0) is 4.79 Å². The number of nitrogens with zero attached hydrogens (tertiary/aromatic N) is 4. The van der Waals surface area contributed by atoms with Crippen molar-refractivity contribution in [1.82, 2.24) is 19.9 Å². The lowest BCUT2D eigenvalue weighted by molar-refractivity contribution is -0.131. The van der Waals surface area contributed by atoms with Gasteiger partial charge < -0.3 is 4.90 Å². The average Bonchev–Trinajstić information content (AvgIpc) is 3.24. The number of hydrogen-bond acceptors (Lipinski definition) is 4. The zero-order valence-corrected chi connectivity index (χ0v) is 13.8. The normalized spacial score (nSPS) is 14.9. The quantitative estimate of drug-likeness (QED) is 0.688. The third kappa shape index (κ3) is 3.00. The Balaban J connectivity index is 1.36. The van der Waals surface area contributed by atoms with Crippen LogP contribution in [0.4, 0.5) is 0 Å². The van der Waals surface area contributed by atoms with Crippen molar-refractivity contribution < 1.29 is 4.79 Å². The molecule has 1 aromatic carbocycles. The Morgan fingerprint density at radius 3 is 2.75 bits per heavy atom. The van der Waals surface area contributed by atoms with E-state index in [4.69, 9.17) is 0 Å². The summed E-state index contributed by atoms with van der Waals surface area (Å²) in [4.78, 5) is 15.0. The Bertz CT molecular complexity index is 848. The van der Waals surface area contributed by atoms with Gasteiger partial charge in [-0.05, 0) is 17.5 Å². The summed E-state index contributed by atoms with van der Waals surface area (Å²) in [5.74, 6) is 0.0445. The van der Waals surface area contributed by atoms with Crippen LogP contribution >= 0.6 is 11.3 Å². The molecule has 4 rings (SSSR count). The first kappa shape index (κ1) is 14.8. The van der Waals surface area contributed by atoms with Gasteiger partial charge in [0.1, 0.15) is 5.69 Å². The molecule has 5 nitrogen and oxygen atoms in total. The van der Waals surface area contributed by atoms with E-state index in [1.807, 2.05) is 69.7 Å². The maximum atomic E-state index is 12.1. The number of hydrogen-bond donors (Lipinski definition) is 0. The summed E-state index contributed by atoms with van der Waals surface area (Å²) < 4.78 is 1.86. The molecule has 1 amide bonds. The van der Waals surface area contributed by atoms with E-state index >= 15 is 0 Å². The molecule has 0 saturated carbocycles. The van der Waals surface area contributed by atoms with Crippen LogP contribution in [0.2, 0.25) is 0 Å². The standard InChI is InChI=1S/C18H16N4OS/c23-18(9-8-16-7-4-10-24-16)21-11-15(12-21)22-13-17(19-20-22)14-5-2-1-3-6-14/h1-10,13,15H,11-12H2. The fourth-order valence-electron chi connectivity index (χ4n) is 2.64.